The van der Waals surface area contributed by atoms with Gasteiger partial charge < -0.3 is 34.2 Å². The van der Waals surface area contributed by atoms with Crippen LogP contribution in [0.4, 0.5) is 0 Å². The van der Waals surface area contributed by atoms with E-state index in [-0.39, 0.29) is 19.3 Å². The van der Waals surface area contributed by atoms with Gasteiger partial charge in [0.05, 0.1) is 26.4 Å². The second-order valence-corrected chi connectivity index (χ2v) is 28.7. The van der Waals surface area contributed by atoms with Crippen LogP contribution in [0.1, 0.15) is 316 Å². The second-order valence-electron chi connectivity index (χ2n) is 25.8. The van der Waals surface area contributed by atoms with Gasteiger partial charge in [-0.1, -0.05) is 316 Å². The molecule has 0 bridgehead atoms. The van der Waals surface area contributed by atoms with Crippen LogP contribution in [0.25, 0.3) is 0 Å². The first kappa shape index (κ1) is 94.9. The number of allylic oxidation sites excluding steroid dienone is 20. The molecule has 18 heteroatoms. The van der Waals surface area contributed by atoms with Gasteiger partial charge in [-0.05, 0) is 103 Å². The Morgan fingerprint density at radius 2 is 0.556 bits per heavy atom. The van der Waals surface area contributed by atoms with Crippen LogP contribution in [0.3, 0.4) is 0 Å². The lowest BCUT2D eigenvalue weighted by Gasteiger charge is -2.21. The highest BCUT2D eigenvalue weighted by Crippen LogP contribution is 2.45. The van der Waals surface area contributed by atoms with Gasteiger partial charge in [0, 0.05) is 19.3 Å². The number of hydrogen-bond acceptors (Lipinski definition) is 14. The fourth-order valence-corrected chi connectivity index (χ4v) is 11.9. The number of unbranched alkanes of at least 4 members (excludes halogenated alkanes) is 30. The van der Waals surface area contributed by atoms with Gasteiger partial charge in [-0.15, -0.1) is 0 Å². The smallest absolute Gasteiger partial charge is 0.463 e. The summed E-state index contributed by atoms with van der Waals surface area (Å²) in [5, 5.41) is 20.6. The summed E-state index contributed by atoms with van der Waals surface area (Å²) in [6.45, 7) is 2.45. The van der Waals surface area contributed by atoms with Crippen molar-refractivity contribution in [2.75, 3.05) is 39.6 Å². The molecule has 16 nitrogen and oxygen atoms in total. The minimum absolute atomic E-state index is 0.0453. The van der Waals surface area contributed by atoms with Crippen molar-refractivity contribution in [3.05, 3.63) is 122 Å². The Morgan fingerprint density at radius 3 is 0.929 bits per heavy atom. The largest absolute Gasteiger partial charge is 0.472 e. The lowest BCUT2D eigenvalue weighted by Crippen LogP contribution is -2.30. The molecule has 0 saturated carbocycles. The standard InChI is InChI=1S/C81H140O16P2/c1-4-7-10-13-16-19-22-24-26-28-30-31-32-33-34-35-36-37-38-39-40-41-42-43-45-47-48-50-53-55-58-61-64-67-79(84)91-70-76(82)71-93-98(87,88)94-72-77(83)73-95-99(89,90)96-75-78(97-81(86)69-66-63-60-57-52-21-18-15-12-9-6-3)74-92-80(85)68-65-62-59-56-54-51-49-46-44-29-27-25-23-20-17-14-11-8-5-2/h8,11,16-17,19-20,24-27,30-31,33-34,44,46,51,54,59,62,76-78,82-83H,4-7,9-10,12-15,18,21-23,28-29,32,35-43,45,47-50,52-53,55-58,60-61,63-75H2,1-3H3,(H,87,88)(H,89,90)/b11-8-,19-16-,20-17-,26-24-,27-25-,31-30-,34-33-,46-44-,54-51-,62-59-. The van der Waals surface area contributed by atoms with Crippen LogP contribution in [-0.2, 0) is 55.8 Å². The van der Waals surface area contributed by atoms with E-state index in [0.29, 0.717) is 25.7 Å². The fraction of sp³-hybridized carbons (Fsp3) is 0.716. The molecule has 0 rings (SSSR count). The van der Waals surface area contributed by atoms with Crippen molar-refractivity contribution in [1.82, 2.24) is 0 Å². The van der Waals surface area contributed by atoms with E-state index in [9.17, 15) is 43.5 Å². The molecule has 0 aliphatic heterocycles. The molecule has 0 fully saturated rings. The summed E-state index contributed by atoms with van der Waals surface area (Å²) < 4.78 is 60.9. The third kappa shape index (κ3) is 74.9. The zero-order chi connectivity index (χ0) is 72.3. The summed E-state index contributed by atoms with van der Waals surface area (Å²) in [5.74, 6) is -1.67. The molecular formula is C81H140O16P2. The average molecular weight is 1430 g/mol. The lowest BCUT2D eigenvalue weighted by atomic mass is 10.0. The topological polar surface area (TPSA) is 231 Å². The Hall–Kier alpha value is -4.05. The number of carbonyl (C=O) groups is 3. The van der Waals surface area contributed by atoms with Crippen LogP contribution in [0, 0.1) is 0 Å². The number of phosphoric ester groups is 2. The van der Waals surface area contributed by atoms with E-state index in [1.54, 1.807) is 0 Å². The Kier molecular flexibility index (Phi) is 70.7. The first-order chi connectivity index (χ1) is 48.2. The lowest BCUT2D eigenvalue weighted by molar-refractivity contribution is -0.161. The maximum Gasteiger partial charge on any atom is 0.472 e. The Labute approximate surface area is 602 Å². The van der Waals surface area contributed by atoms with E-state index in [1.807, 2.05) is 18.2 Å². The fourth-order valence-electron chi connectivity index (χ4n) is 10.3. The number of aliphatic hydroxyl groups is 2. The third-order valence-electron chi connectivity index (χ3n) is 16.2. The van der Waals surface area contributed by atoms with Crippen LogP contribution in [-0.4, -0.2) is 95.9 Å². The maximum absolute atomic E-state index is 12.9. The predicted octanol–water partition coefficient (Wildman–Crippen LogP) is 22.5. The Morgan fingerprint density at radius 1 is 0.293 bits per heavy atom. The van der Waals surface area contributed by atoms with Crippen LogP contribution in [0.2, 0.25) is 0 Å². The normalized spacial score (nSPS) is 14.7. The van der Waals surface area contributed by atoms with E-state index < -0.39 is 91.5 Å². The first-order valence-electron chi connectivity index (χ1n) is 38.8. The SMILES string of the molecule is CC/C=C\C/C=C\C/C=C\C/C=C\C/C=C\C/C=C\CCC(=O)OCC(COP(=O)(O)OCC(O)COP(=O)(O)OCC(O)COC(=O)CCCCCCCCCCCCCCCCCCC/C=C\C/C=C\C/C=C\C/C=C\CCCCC)OC(=O)CCCCCCCCCCCCC. The molecule has 0 saturated heterocycles. The van der Waals surface area contributed by atoms with Crippen molar-refractivity contribution in [3.63, 3.8) is 0 Å². The van der Waals surface area contributed by atoms with E-state index in [4.69, 9.17) is 32.3 Å². The molecule has 4 N–H and O–H groups in total. The van der Waals surface area contributed by atoms with Gasteiger partial charge in [-0.25, -0.2) is 9.13 Å². The number of aliphatic hydroxyl groups excluding tert-OH is 2. The van der Waals surface area contributed by atoms with Gasteiger partial charge in [-0.3, -0.25) is 32.5 Å². The zero-order valence-corrected chi connectivity index (χ0v) is 63.9. The van der Waals surface area contributed by atoms with Crippen LogP contribution in [0.15, 0.2) is 122 Å². The summed E-state index contributed by atoms with van der Waals surface area (Å²) in [7, 11) is -9.80. The van der Waals surface area contributed by atoms with Crippen LogP contribution < -0.4 is 0 Å². The number of hydrogen-bond donors (Lipinski definition) is 4. The quantitative estimate of drug-likeness (QED) is 0.0146. The molecule has 0 amide bonds. The summed E-state index contributed by atoms with van der Waals surface area (Å²) in [6, 6.07) is 0. The van der Waals surface area contributed by atoms with Gasteiger partial charge in [-0.2, -0.15) is 0 Å². The van der Waals surface area contributed by atoms with Crippen molar-refractivity contribution in [3.8, 4) is 0 Å². The minimum atomic E-state index is -4.94. The minimum Gasteiger partial charge on any atom is -0.463 e. The van der Waals surface area contributed by atoms with E-state index in [0.717, 1.165) is 96.3 Å². The molecule has 5 atom stereocenters. The highest BCUT2D eigenvalue weighted by molar-refractivity contribution is 7.47. The summed E-state index contributed by atoms with van der Waals surface area (Å²) in [4.78, 5) is 58.4. The van der Waals surface area contributed by atoms with E-state index >= 15 is 0 Å². The molecule has 0 aromatic heterocycles. The number of phosphoric acid groups is 2. The zero-order valence-electron chi connectivity index (χ0n) is 62.1. The van der Waals surface area contributed by atoms with Gasteiger partial charge in [0.2, 0.25) is 0 Å². The molecule has 0 aromatic rings. The molecule has 570 valence electrons. The Bertz CT molecular complexity index is 2290. The molecule has 5 unspecified atom stereocenters. The molecule has 99 heavy (non-hydrogen) atoms. The molecular weight excluding hydrogens is 1290 g/mol. The van der Waals surface area contributed by atoms with Crippen molar-refractivity contribution in [2.24, 2.45) is 0 Å². The average Bonchev–Trinajstić information content (AvgIpc) is 1.32. The van der Waals surface area contributed by atoms with Crippen LogP contribution >= 0.6 is 15.6 Å². The summed E-state index contributed by atoms with van der Waals surface area (Å²) in [5.41, 5.74) is 0. The third-order valence-corrected chi connectivity index (χ3v) is 18.1. The highest BCUT2D eigenvalue weighted by Gasteiger charge is 2.29. The highest BCUT2D eigenvalue weighted by atomic mass is 31.2. The molecule has 0 heterocycles. The predicted molar refractivity (Wildman–Crippen MR) is 408 cm³/mol. The van der Waals surface area contributed by atoms with Crippen molar-refractivity contribution >= 4 is 33.6 Å². The van der Waals surface area contributed by atoms with Gasteiger partial charge >= 0.3 is 33.6 Å². The van der Waals surface area contributed by atoms with Gasteiger partial charge in [0.1, 0.15) is 25.4 Å². The molecule has 0 aliphatic carbocycles. The molecule has 0 radical (unpaired) electrons. The number of esters is 3. The molecule has 0 aromatic carbocycles. The van der Waals surface area contributed by atoms with E-state index in [2.05, 4.69) is 124 Å². The Balaban J connectivity index is 4.40. The summed E-state index contributed by atoms with van der Waals surface area (Å²) in [6.07, 6.45) is 87.3. The van der Waals surface area contributed by atoms with Crippen molar-refractivity contribution in [1.29, 1.82) is 0 Å². The molecule has 0 spiro atoms. The second kappa shape index (κ2) is 73.7. The maximum atomic E-state index is 12.9. The van der Waals surface area contributed by atoms with Gasteiger partial charge in [0.15, 0.2) is 6.10 Å². The number of ether oxygens (including phenoxy) is 3. The summed E-state index contributed by atoms with van der Waals surface area (Å²) >= 11 is 0. The monoisotopic (exact) mass is 1430 g/mol. The first-order valence-corrected chi connectivity index (χ1v) is 41.8. The van der Waals surface area contributed by atoms with Crippen molar-refractivity contribution in [2.45, 2.75) is 334 Å². The number of carbonyl (C=O) groups excluding carboxylic acids is 3. The molecule has 0 aliphatic rings. The van der Waals surface area contributed by atoms with Crippen molar-refractivity contribution < 1.29 is 75.8 Å². The van der Waals surface area contributed by atoms with Crippen LogP contribution in [0.5, 0.6) is 0 Å². The van der Waals surface area contributed by atoms with Gasteiger partial charge in [0.25, 0.3) is 0 Å². The number of rotatable bonds is 73. The van der Waals surface area contributed by atoms with E-state index in [1.165, 1.54) is 154 Å².